The second kappa shape index (κ2) is 7.33. The highest BCUT2D eigenvalue weighted by Crippen LogP contribution is 2.24. The van der Waals surface area contributed by atoms with Gasteiger partial charge in [-0.05, 0) is 42.0 Å². The average molecular weight is 327 g/mol. The summed E-state index contributed by atoms with van der Waals surface area (Å²) in [5.41, 5.74) is 1.92. The molecule has 0 aliphatic rings. The summed E-state index contributed by atoms with van der Waals surface area (Å²) >= 11 is 0. The smallest absolute Gasteiger partial charge is 0.233 e. The van der Waals surface area contributed by atoms with E-state index in [1.165, 1.54) is 0 Å². The van der Waals surface area contributed by atoms with Crippen molar-refractivity contribution in [1.82, 2.24) is 15.1 Å². The van der Waals surface area contributed by atoms with E-state index in [2.05, 4.69) is 10.4 Å². The highest BCUT2D eigenvalue weighted by molar-refractivity contribution is 5.85. The van der Waals surface area contributed by atoms with Gasteiger partial charge in [0, 0.05) is 24.8 Å². The summed E-state index contributed by atoms with van der Waals surface area (Å²) in [5, 5.41) is 27.8. The highest BCUT2D eigenvalue weighted by atomic mass is 16.5. The minimum atomic E-state index is 0.119. The maximum absolute atomic E-state index is 9.55. The molecular formula is C18H21N3O3. The van der Waals surface area contributed by atoms with Gasteiger partial charge in [0.15, 0.2) is 0 Å². The molecule has 0 fully saturated rings. The lowest BCUT2D eigenvalue weighted by molar-refractivity contribution is 0.271. The number of hydrogen-bond acceptors (Lipinski definition) is 5. The Bertz CT molecular complexity index is 829. The average Bonchev–Trinajstić information content (AvgIpc) is 2.95. The van der Waals surface area contributed by atoms with Crippen molar-refractivity contribution in [2.24, 2.45) is 0 Å². The van der Waals surface area contributed by atoms with E-state index in [1.807, 2.05) is 41.9 Å². The lowest BCUT2D eigenvalue weighted by atomic mass is 10.1. The Hall–Kier alpha value is -2.57. The van der Waals surface area contributed by atoms with Crippen molar-refractivity contribution < 1.29 is 14.9 Å². The maximum Gasteiger partial charge on any atom is 0.233 e. The van der Waals surface area contributed by atoms with Gasteiger partial charge in [0.25, 0.3) is 0 Å². The number of aromatic nitrogens is 2. The molecule has 6 nitrogen and oxygen atoms in total. The predicted octanol–water partition coefficient (Wildman–Crippen LogP) is 2.00. The quantitative estimate of drug-likeness (QED) is 0.579. The fraction of sp³-hybridized carbons (Fsp3) is 0.278. The zero-order chi connectivity index (χ0) is 16.9. The summed E-state index contributed by atoms with van der Waals surface area (Å²) in [6.07, 6.45) is 0. The third-order valence-electron chi connectivity index (χ3n) is 3.73. The molecule has 24 heavy (non-hydrogen) atoms. The first-order valence-electron chi connectivity index (χ1n) is 7.91. The van der Waals surface area contributed by atoms with Gasteiger partial charge in [-0.25, -0.2) is 4.68 Å². The van der Waals surface area contributed by atoms with Crippen molar-refractivity contribution in [2.75, 3.05) is 26.3 Å². The number of fused-ring (bicyclic) bond motifs is 1. The summed E-state index contributed by atoms with van der Waals surface area (Å²) in [7, 11) is 0. The Balaban J connectivity index is 1.76. The number of aliphatic hydroxyl groups excluding tert-OH is 1. The number of nitrogens with one attached hydrogen (secondary N) is 1. The van der Waals surface area contributed by atoms with Crippen LogP contribution in [-0.4, -0.2) is 46.3 Å². The van der Waals surface area contributed by atoms with Crippen LogP contribution < -0.4 is 10.1 Å². The van der Waals surface area contributed by atoms with Crippen molar-refractivity contribution >= 4 is 10.8 Å². The molecule has 1 heterocycles. The van der Waals surface area contributed by atoms with Crippen LogP contribution in [0.15, 0.2) is 42.5 Å². The van der Waals surface area contributed by atoms with Gasteiger partial charge < -0.3 is 20.3 Å². The number of nitrogens with zero attached hydrogens (tertiary/aromatic N) is 2. The fourth-order valence-electron chi connectivity index (χ4n) is 2.56. The van der Waals surface area contributed by atoms with E-state index in [0.717, 1.165) is 22.2 Å². The number of ether oxygens (including phenoxy) is 1. The fourth-order valence-corrected chi connectivity index (χ4v) is 2.56. The van der Waals surface area contributed by atoms with Crippen LogP contribution in [0.25, 0.3) is 16.5 Å². The van der Waals surface area contributed by atoms with Crippen molar-refractivity contribution in [2.45, 2.75) is 6.92 Å². The minimum absolute atomic E-state index is 0.119. The van der Waals surface area contributed by atoms with E-state index < -0.39 is 0 Å². The van der Waals surface area contributed by atoms with Crippen LogP contribution in [0, 0.1) is 6.92 Å². The number of phenolic OH excluding ortho intramolecular Hbond substituents is 1. The highest BCUT2D eigenvalue weighted by Gasteiger charge is 2.08. The topological polar surface area (TPSA) is 79.5 Å². The zero-order valence-corrected chi connectivity index (χ0v) is 13.6. The van der Waals surface area contributed by atoms with Crippen LogP contribution in [-0.2, 0) is 0 Å². The third kappa shape index (κ3) is 3.67. The Morgan fingerprint density at radius 1 is 1.08 bits per heavy atom. The van der Waals surface area contributed by atoms with Crippen LogP contribution in [0.5, 0.6) is 11.6 Å². The van der Waals surface area contributed by atoms with E-state index in [9.17, 15) is 5.11 Å². The lowest BCUT2D eigenvalue weighted by Gasteiger charge is -2.06. The molecule has 6 heteroatoms. The van der Waals surface area contributed by atoms with Gasteiger partial charge in [0.2, 0.25) is 5.88 Å². The molecular weight excluding hydrogens is 306 g/mol. The monoisotopic (exact) mass is 327 g/mol. The number of benzene rings is 2. The molecule has 3 N–H and O–H groups in total. The van der Waals surface area contributed by atoms with Crippen LogP contribution in [0.3, 0.4) is 0 Å². The van der Waals surface area contributed by atoms with Crippen LogP contribution in [0.2, 0.25) is 0 Å². The molecule has 2 aromatic carbocycles. The third-order valence-corrected chi connectivity index (χ3v) is 3.73. The van der Waals surface area contributed by atoms with Gasteiger partial charge in [-0.15, -0.1) is 5.10 Å². The second-order valence-corrected chi connectivity index (χ2v) is 5.57. The summed E-state index contributed by atoms with van der Waals surface area (Å²) in [6.45, 7) is 3.81. The molecule has 0 spiro atoms. The molecule has 0 radical (unpaired) electrons. The van der Waals surface area contributed by atoms with Crippen molar-refractivity contribution in [3.05, 3.63) is 48.2 Å². The molecule has 126 valence electrons. The number of phenols is 1. The van der Waals surface area contributed by atoms with Crippen LogP contribution in [0.4, 0.5) is 0 Å². The number of hydrogen-bond donors (Lipinski definition) is 3. The summed E-state index contributed by atoms with van der Waals surface area (Å²) < 4.78 is 7.47. The normalized spacial score (nSPS) is 11.1. The van der Waals surface area contributed by atoms with Crippen molar-refractivity contribution in [3.8, 4) is 17.3 Å². The van der Waals surface area contributed by atoms with Crippen LogP contribution in [0.1, 0.15) is 5.69 Å². The molecule has 0 unspecified atom stereocenters. The van der Waals surface area contributed by atoms with E-state index >= 15 is 0 Å². The van der Waals surface area contributed by atoms with Gasteiger partial charge in [0.1, 0.15) is 12.4 Å². The van der Waals surface area contributed by atoms with E-state index in [-0.39, 0.29) is 12.4 Å². The molecule has 3 rings (SSSR count). The van der Waals surface area contributed by atoms with Gasteiger partial charge in [-0.3, -0.25) is 0 Å². The molecule has 0 aliphatic heterocycles. The number of aliphatic hydroxyl groups is 1. The largest absolute Gasteiger partial charge is 0.508 e. The minimum Gasteiger partial charge on any atom is -0.508 e. The van der Waals surface area contributed by atoms with Gasteiger partial charge in [-0.1, -0.05) is 12.1 Å². The molecule has 1 aromatic heterocycles. The van der Waals surface area contributed by atoms with Gasteiger partial charge in [-0.2, -0.15) is 0 Å². The SMILES string of the molecule is Cc1cc(OCCNCCO)nn1-c1ccc2cc(O)ccc2c1. The predicted molar refractivity (Wildman–Crippen MR) is 92.9 cm³/mol. The molecule has 0 aliphatic carbocycles. The van der Waals surface area contributed by atoms with Gasteiger partial charge in [0.05, 0.1) is 12.3 Å². The Labute approximate surface area is 140 Å². The first-order chi connectivity index (χ1) is 11.7. The van der Waals surface area contributed by atoms with E-state index in [0.29, 0.717) is 25.6 Å². The summed E-state index contributed by atoms with van der Waals surface area (Å²) in [6, 6.07) is 13.2. The molecule has 0 atom stereocenters. The summed E-state index contributed by atoms with van der Waals surface area (Å²) in [5.74, 6) is 0.833. The molecule has 0 bridgehead atoms. The van der Waals surface area contributed by atoms with Crippen molar-refractivity contribution in [1.29, 1.82) is 0 Å². The summed E-state index contributed by atoms with van der Waals surface area (Å²) in [4.78, 5) is 0. The first kappa shape index (κ1) is 16.3. The van der Waals surface area contributed by atoms with Gasteiger partial charge >= 0.3 is 0 Å². The first-order valence-corrected chi connectivity index (χ1v) is 7.91. The maximum atomic E-state index is 9.55. The second-order valence-electron chi connectivity index (χ2n) is 5.57. The Morgan fingerprint density at radius 3 is 2.71 bits per heavy atom. The molecule has 0 saturated carbocycles. The van der Waals surface area contributed by atoms with E-state index in [4.69, 9.17) is 9.84 Å². The standard InChI is InChI=1S/C18H21N3O3/c1-13-10-18(24-9-7-19-6-8-22)20-21(13)16-4-2-15-12-17(23)5-3-14(15)11-16/h2-5,10-12,19,22-23H,6-9H2,1H3. The Kier molecular flexibility index (Phi) is 4.98. The molecule has 0 amide bonds. The van der Waals surface area contributed by atoms with Crippen molar-refractivity contribution in [3.63, 3.8) is 0 Å². The molecule has 3 aromatic rings. The zero-order valence-electron chi connectivity index (χ0n) is 13.6. The number of rotatable bonds is 7. The lowest BCUT2D eigenvalue weighted by Crippen LogP contribution is -2.24. The van der Waals surface area contributed by atoms with E-state index in [1.54, 1.807) is 12.1 Å². The Morgan fingerprint density at radius 2 is 1.88 bits per heavy atom. The molecule has 0 saturated heterocycles. The number of aryl methyl sites for hydroxylation is 1. The van der Waals surface area contributed by atoms with Crippen LogP contribution >= 0.6 is 0 Å². The number of aromatic hydroxyl groups is 1.